The van der Waals surface area contributed by atoms with Gasteiger partial charge in [0.1, 0.15) is 0 Å². The number of fused-ring (bicyclic) bond motifs is 1. The standard InChI is InChI=1S/C8H7NO3S.ClH/c10-7-5-9-13(11,12)8-4-2-1-3-6(7)8;/h1-4,9H,5H2;1H. The van der Waals surface area contributed by atoms with Crippen molar-refractivity contribution in [3.63, 3.8) is 0 Å². The Morgan fingerprint density at radius 1 is 1.21 bits per heavy atom. The lowest BCUT2D eigenvalue weighted by Crippen LogP contribution is -2.36. The van der Waals surface area contributed by atoms with Crippen LogP contribution in [-0.2, 0) is 10.0 Å². The van der Waals surface area contributed by atoms with E-state index in [1.165, 1.54) is 12.1 Å². The summed E-state index contributed by atoms with van der Waals surface area (Å²) < 4.78 is 24.9. The van der Waals surface area contributed by atoms with Crippen molar-refractivity contribution >= 4 is 28.2 Å². The van der Waals surface area contributed by atoms with Gasteiger partial charge in [-0.15, -0.1) is 12.4 Å². The number of hydrogen-bond acceptors (Lipinski definition) is 3. The Balaban J connectivity index is 0.000000980. The second kappa shape index (κ2) is 3.68. The quantitative estimate of drug-likeness (QED) is 0.713. The highest BCUT2D eigenvalue weighted by Gasteiger charge is 2.27. The molecule has 1 aromatic rings. The molecule has 1 aliphatic rings. The molecular weight excluding hydrogens is 226 g/mol. The SMILES string of the molecule is Cl.O=C1CNS(=O)(=O)c2ccccc21. The van der Waals surface area contributed by atoms with Crippen molar-refractivity contribution < 1.29 is 13.2 Å². The molecule has 1 aromatic carbocycles. The summed E-state index contributed by atoms with van der Waals surface area (Å²) in [6.07, 6.45) is 0. The molecule has 0 aromatic heterocycles. The van der Waals surface area contributed by atoms with Crippen LogP contribution in [0.5, 0.6) is 0 Å². The van der Waals surface area contributed by atoms with Gasteiger partial charge >= 0.3 is 0 Å². The number of carbonyl (C=O) groups excluding carboxylic acids is 1. The van der Waals surface area contributed by atoms with E-state index in [0.717, 1.165) is 0 Å². The van der Waals surface area contributed by atoms with Gasteiger partial charge in [-0.25, -0.2) is 13.1 Å². The highest BCUT2D eigenvalue weighted by molar-refractivity contribution is 7.89. The van der Waals surface area contributed by atoms with Gasteiger partial charge in [-0.05, 0) is 12.1 Å². The summed E-state index contributed by atoms with van der Waals surface area (Å²) in [5.74, 6) is -0.189. The van der Waals surface area contributed by atoms with Gasteiger partial charge in [0.15, 0.2) is 5.78 Å². The van der Waals surface area contributed by atoms with Crippen LogP contribution < -0.4 is 4.72 Å². The van der Waals surface area contributed by atoms with Crippen molar-refractivity contribution in [1.29, 1.82) is 0 Å². The van der Waals surface area contributed by atoms with E-state index in [4.69, 9.17) is 0 Å². The molecule has 1 aliphatic heterocycles. The van der Waals surface area contributed by atoms with Gasteiger partial charge in [-0.3, -0.25) is 4.79 Å². The maximum Gasteiger partial charge on any atom is 0.241 e. The van der Waals surface area contributed by atoms with Gasteiger partial charge in [0, 0.05) is 5.56 Å². The Morgan fingerprint density at radius 3 is 2.50 bits per heavy atom. The number of benzene rings is 1. The molecule has 76 valence electrons. The van der Waals surface area contributed by atoms with E-state index >= 15 is 0 Å². The lowest BCUT2D eigenvalue weighted by molar-refractivity contribution is 0.0990. The van der Waals surface area contributed by atoms with Crippen LogP contribution in [0, 0.1) is 0 Å². The Labute approximate surface area is 87.8 Å². The summed E-state index contributed by atoms with van der Waals surface area (Å²) in [7, 11) is -3.45. The highest BCUT2D eigenvalue weighted by Crippen LogP contribution is 2.18. The zero-order chi connectivity index (χ0) is 9.47. The summed E-state index contributed by atoms with van der Waals surface area (Å²) in [6.45, 7) is -0.140. The van der Waals surface area contributed by atoms with E-state index in [1.54, 1.807) is 12.1 Å². The molecule has 0 radical (unpaired) electrons. The van der Waals surface area contributed by atoms with Gasteiger partial charge in [-0.2, -0.15) is 0 Å². The van der Waals surface area contributed by atoms with Crippen LogP contribution in [0.1, 0.15) is 10.4 Å². The summed E-state index contributed by atoms with van der Waals surface area (Å²) in [5, 5.41) is 0. The maximum atomic E-state index is 11.4. The molecule has 14 heavy (non-hydrogen) atoms. The van der Waals surface area contributed by atoms with E-state index in [-0.39, 0.29) is 35.2 Å². The van der Waals surface area contributed by atoms with E-state index < -0.39 is 10.0 Å². The van der Waals surface area contributed by atoms with Crippen molar-refractivity contribution in [2.24, 2.45) is 0 Å². The number of ketones is 1. The van der Waals surface area contributed by atoms with Crippen molar-refractivity contribution in [2.45, 2.75) is 4.90 Å². The minimum Gasteiger partial charge on any atom is -0.293 e. The fourth-order valence-corrected chi connectivity index (χ4v) is 2.47. The summed E-state index contributed by atoms with van der Waals surface area (Å²) in [4.78, 5) is 11.3. The first-order valence-electron chi connectivity index (χ1n) is 3.73. The Bertz CT molecular complexity index is 469. The lowest BCUT2D eigenvalue weighted by Gasteiger charge is -2.15. The molecule has 0 aliphatic carbocycles. The zero-order valence-corrected chi connectivity index (χ0v) is 8.69. The number of nitrogens with one attached hydrogen (secondary N) is 1. The third kappa shape index (κ3) is 1.66. The largest absolute Gasteiger partial charge is 0.293 e. The molecule has 0 unspecified atom stereocenters. The number of Topliss-reactive ketones (excluding diaryl/α,β-unsaturated/α-hetero) is 1. The van der Waals surface area contributed by atoms with Crippen molar-refractivity contribution in [1.82, 2.24) is 4.72 Å². The van der Waals surface area contributed by atoms with Crippen LogP contribution in [0.4, 0.5) is 0 Å². The Morgan fingerprint density at radius 2 is 1.86 bits per heavy atom. The third-order valence-corrected chi connectivity index (χ3v) is 3.36. The van der Waals surface area contributed by atoms with Gasteiger partial charge < -0.3 is 0 Å². The summed E-state index contributed by atoms with van der Waals surface area (Å²) in [5.41, 5.74) is 0.279. The van der Waals surface area contributed by atoms with Gasteiger partial charge in [0.25, 0.3) is 0 Å². The first-order chi connectivity index (χ1) is 6.11. The molecule has 4 nitrogen and oxygen atoms in total. The van der Waals surface area contributed by atoms with E-state index in [1.807, 2.05) is 0 Å². The average molecular weight is 234 g/mol. The predicted molar refractivity (Wildman–Crippen MR) is 53.2 cm³/mol. The van der Waals surface area contributed by atoms with Crippen LogP contribution in [0.25, 0.3) is 0 Å². The molecule has 0 amide bonds. The summed E-state index contributed by atoms with van der Waals surface area (Å²) >= 11 is 0. The monoisotopic (exact) mass is 233 g/mol. The van der Waals surface area contributed by atoms with Crippen molar-refractivity contribution in [3.8, 4) is 0 Å². The number of hydrogen-bond donors (Lipinski definition) is 1. The van der Waals surface area contributed by atoms with Gasteiger partial charge in [0.05, 0.1) is 11.4 Å². The Kier molecular flexibility index (Phi) is 2.94. The predicted octanol–water partition coefficient (Wildman–Crippen LogP) is 0.583. The van der Waals surface area contributed by atoms with E-state index in [9.17, 15) is 13.2 Å². The normalized spacial score (nSPS) is 18.1. The van der Waals surface area contributed by atoms with Crippen LogP contribution in [-0.4, -0.2) is 20.7 Å². The number of sulfonamides is 1. The first-order valence-corrected chi connectivity index (χ1v) is 5.21. The van der Waals surface area contributed by atoms with Gasteiger partial charge in [0.2, 0.25) is 10.0 Å². The number of carbonyl (C=O) groups is 1. The lowest BCUT2D eigenvalue weighted by atomic mass is 10.1. The average Bonchev–Trinajstić information content (AvgIpc) is 2.13. The number of halogens is 1. The van der Waals surface area contributed by atoms with E-state index in [0.29, 0.717) is 0 Å². The van der Waals surface area contributed by atoms with Crippen LogP contribution in [0.15, 0.2) is 29.2 Å². The van der Waals surface area contributed by atoms with Crippen molar-refractivity contribution in [2.75, 3.05) is 6.54 Å². The molecule has 1 heterocycles. The minimum absolute atomic E-state index is 0. The van der Waals surface area contributed by atoms with Crippen molar-refractivity contribution in [3.05, 3.63) is 29.8 Å². The zero-order valence-electron chi connectivity index (χ0n) is 7.06. The fourth-order valence-electron chi connectivity index (χ4n) is 1.26. The third-order valence-electron chi connectivity index (χ3n) is 1.90. The molecular formula is C8H8ClNO3S. The maximum absolute atomic E-state index is 11.4. The molecule has 0 spiro atoms. The van der Waals surface area contributed by atoms with E-state index in [2.05, 4.69) is 4.72 Å². The molecule has 2 rings (SSSR count). The second-order valence-corrected chi connectivity index (χ2v) is 4.48. The smallest absolute Gasteiger partial charge is 0.241 e. The second-order valence-electron chi connectivity index (χ2n) is 2.74. The van der Waals surface area contributed by atoms with Gasteiger partial charge in [-0.1, -0.05) is 12.1 Å². The minimum atomic E-state index is -3.45. The molecule has 0 bridgehead atoms. The number of rotatable bonds is 0. The summed E-state index contributed by atoms with van der Waals surface area (Å²) in [6, 6.07) is 6.19. The molecule has 0 saturated heterocycles. The molecule has 0 atom stereocenters. The molecule has 6 heteroatoms. The molecule has 0 fully saturated rings. The fraction of sp³-hybridized carbons (Fsp3) is 0.125. The molecule has 0 saturated carbocycles. The highest BCUT2D eigenvalue weighted by atomic mass is 35.5. The molecule has 1 N–H and O–H groups in total. The van der Waals surface area contributed by atoms with Crippen LogP contribution >= 0.6 is 12.4 Å². The first kappa shape index (κ1) is 11.2. The van der Waals surface area contributed by atoms with Crippen LogP contribution in [0.2, 0.25) is 0 Å². The topological polar surface area (TPSA) is 63.2 Å². The Hall–Kier alpha value is -0.910. The van der Waals surface area contributed by atoms with Crippen LogP contribution in [0.3, 0.4) is 0 Å².